The highest BCUT2D eigenvalue weighted by atomic mass is 16.6. The molecule has 2 amide bonds. The van der Waals surface area contributed by atoms with Gasteiger partial charge in [-0.2, -0.15) is 5.10 Å². The van der Waals surface area contributed by atoms with Gasteiger partial charge in [0.15, 0.2) is 5.78 Å². The first kappa shape index (κ1) is 22.0. The van der Waals surface area contributed by atoms with Crippen LogP contribution in [-0.2, 0) is 9.53 Å². The van der Waals surface area contributed by atoms with E-state index in [0.717, 1.165) is 12.8 Å². The van der Waals surface area contributed by atoms with Gasteiger partial charge in [-0.15, -0.1) is 0 Å². The normalized spacial score (nSPS) is 17.4. The quantitative estimate of drug-likeness (QED) is 0.726. The summed E-state index contributed by atoms with van der Waals surface area (Å²) in [5.41, 5.74) is 0.339. The number of carbonyl (C=O) groups excluding carboxylic acids is 3. The van der Waals surface area contributed by atoms with E-state index in [1.807, 2.05) is 20.8 Å². The van der Waals surface area contributed by atoms with Crippen molar-refractivity contribution in [3.05, 3.63) is 33.9 Å². The number of likely N-dealkylation sites (tertiary alicyclic amines) is 1. The summed E-state index contributed by atoms with van der Waals surface area (Å²) in [7, 11) is 0. The van der Waals surface area contributed by atoms with E-state index in [4.69, 9.17) is 4.74 Å². The number of piperidine rings is 1. The third-order valence-electron chi connectivity index (χ3n) is 5.80. The van der Waals surface area contributed by atoms with Gasteiger partial charge in [0.1, 0.15) is 16.8 Å². The fraction of sp³-hybridized carbons (Fsp3) is 0.591. The fourth-order valence-corrected chi connectivity index (χ4v) is 3.97. The maximum absolute atomic E-state index is 12.6. The van der Waals surface area contributed by atoms with Gasteiger partial charge in [-0.05, 0) is 46.5 Å². The number of fused-ring (bicyclic) bond motifs is 1. The van der Waals surface area contributed by atoms with Crippen LogP contribution in [0.4, 0.5) is 4.79 Å². The van der Waals surface area contributed by atoms with Gasteiger partial charge in [-0.1, -0.05) is 0 Å². The number of amides is 2. The van der Waals surface area contributed by atoms with Crippen LogP contribution in [0.1, 0.15) is 68.4 Å². The molecule has 10 nitrogen and oxygen atoms in total. The Balaban J connectivity index is 1.48. The minimum atomic E-state index is -0.553. The van der Waals surface area contributed by atoms with Crippen molar-refractivity contribution in [1.82, 2.24) is 24.8 Å². The predicted octanol–water partition coefficient (Wildman–Crippen LogP) is 1.85. The van der Waals surface area contributed by atoms with Gasteiger partial charge in [0, 0.05) is 31.0 Å². The molecule has 0 bridgehead atoms. The van der Waals surface area contributed by atoms with E-state index in [-0.39, 0.29) is 41.4 Å². The molecular weight excluding hydrogens is 414 g/mol. The zero-order valence-electron chi connectivity index (χ0n) is 18.6. The van der Waals surface area contributed by atoms with Gasteiger partial charge in [0.2, 0.25) is 0 Å². The van der Waals surface area contributed by atoms with E-state index in [1.165, 1.54) is 12.3 Å². The molecule has 10 heteroatoms. The average molecular weight is 444 g/mol. The van der Waals surface area contributed by atoms with Crippen molar-refractivity contribution in [3.63, 3.8) is 0 Å². The van der Waals surface area contributed by atoms with Crippen LogP contribution in [0.2, 0.25) is 0 Å². The van der Waals surface area contributed by atoms with Crippen LogP contribution in [-0.4, -0.2) is 62.5 Å². The van der Waals surface area contributed by atoms with Crippen LogP contribution in [0, 0.1) is 5.92 Å². The molecule has 1 saturated heterocycles. The van der Waals surface area contributed by atoms with Crippen molar-refractivity contribution < 1.29 is 19.1 Å². The highest BCUT2D eigenvalue weighted by Crippen LogP contribution is 2.30. The van der Waals surface area contributed by atoms with Crippen molar-refractivity contribution in [2.24, 2.45) is 5.92 Å². The maximum Gasteiger partial charge on any atom is 0.410 e. The second-order valence-corrected chi connectivity index (χ2v) is 9.54. The molecule has 1 aliphatic carbocycles. The summed E-state index contributed by atoms with van der Waals surface area (Å²) in [5, 5.41) is 6.96. The van der Waals surface area contributed by atoms with E-state index >= 15 is 0 Å². The van der Waals surface area contributed by atoms with Gasteiger partial charge in [0.25, 0.3) is 11.5 Å². The van der Waals surface area contributed by atoms with Crippen molar-refractivity contribution in [1.29, 1.82) is 0 Å². The largest absolute Gasteiger partial charge is 0.444 e. The number of carbonyl (C=O) groups is 3. The van der Waals surface area contributed by atoms with Gasteiger partial charge in [-0.3, -0.25) is 14.4 Å². The van der Waals surface area contributed by atoms with Crippen molar-refractivity contribution in [2.75, 3.05) is 19.6 Å². The maximum atomic E-state index is 12.6. The Morgan fingerprint density at radius 1 is 1.19 bits per heavy atom. The number of nitrogens with zero attached hydrogens (tertiary/aromatic N) is 3. The molecule has 0 radical (unpaired) electrons. The summed E-state index contributed by atoms with van der Waals surface area (Å²) in [6, 6.07) is 1.49. The molecule has 0 atom stereocenters. The Morgan fingerprint density at radius 2 is 1.88 bits per heavy atom. The number of ether oxygens (including phenoxy) is 1. The third kappa shape index (κ3) is 4.84. The third-order valence-corrected chi connectivity index (χ3v) is 5.80. The van der Waals surface area contributed by atoms with E-state index < -0.39 is 11.5 Å². The number of nitrogens with one attached hydrogen (secondary N) is 2. The standard InChI is InChI=1S/C22H29N5O5/c1-22(2,3)32-21(31)26-8-6-13(7-9-26)16-10-18(29)25-19-15(11-24-27(16)19)20(30)23-12-17(28)14-4-5-14/h10-11,13-14H,4-9,12H2,1-3H3,(H,23,30)(H,25,29). The number of aromatic amines is 1. The smallest absolute Gasteiger partial charge is 0.410 e. The number of rotatable bonds is 5. The first-order chi connectivity index (χ1) is 15.1. The van der Waals surface area contributed by atoms with E-state index in [0.29, 0.717) is 37.3 Å². The molecular formula is C22H29N5O5. The Bertz CT molecular complexity index is 1100. The lowest BCUT2D eigenvalue weighted by molar-refractivity contribution is -0.119. The topological polar surface area (TPSA) is 126 Å². The molecule has 3 heterocycles. The lowest BCUT2D eigenvalue weighted by atomic mass is 9.93. The first-order valence-corrected chi connectivity index (χ1v) is 11.0. The predicted molar refractivity (Wildman–Crippen MR) is 116 cm³/mol. The van der Waals surface area contributed by atoms with E-state index in [2.05, 4.69) is 15.4 Å². The second kappa shape index (κ2) is 8.40. The number of aromatic nitrogens is 3. The van der Waals surface area contributed by atoms with Gasteiger partial charge in [0.05, 0.1) is 18.4 Å². The van der Waals surface area contributed by atoms with Crippen LogP contribution in [0.25, 0.3) is 5.65 Å². The molecule has 2 fully saturated rings. The van der Waals surface area contributed by atoms with Gasteiger partial charge >= 0.3 is 6.09 Å². The second-order valence-electron chi connectivity index (χ2n) is 9.54. The molecule has 2 aliphatic rings. The van der Waals surface area contributed by atoms with E-state index in [1.54, 1.807) is 9.42 Å². The number of H-pyrrole nitrogens is 1. The zero-order valence-corrected chi connectivity index (χ0v) is 18.6. The van der Waals surface area contributed by atoms with Gasteiger partial charge in [-0.25, -0.2) is 9.31 Å². The molecule has 172 valence electrons. The van der Waals surface area contributed by atoms with E-state index in [9.17, 15) is 19.2 Å². The van der Waals surface area contributed by atoms with Crippen LogP contribution in [0.3, 0.4) is 0 Å². The molecule has 1 aliphatic heterocycles. The van der Waals surface area contributed by atoms with Crippen molar-refractivity contribution in [3.8, 4) is 0 Å². The van der Waals surface area contributed by atoms with Crippen LogP contribution in [0.5, 0.6) is 0 Å². The molecule has 4 rings (SSSR count). The monoisotopic (exact) mass is 443 g/mol. The Labute approximate surface area is 185 Å². The molecule has 32 heavy (non-hydrogen) atoms. The molecule has 0 aromatic carbocycles. The number of hydrogen-bond donors (Lipinski definition) is 2. The lowest BCUT2D eigenvalue weighted by Crippen LogP contribution is -2.41. The molecule has 0 unspecified atom stereocenters. The minimum absolute atomic E-state index is 0.00532. The molecule has 2 N–H and O–H groups in total. The Morgan fingerprint density at radius 3 is 2.50 bits per heavy atom. The summed E-state index contributed by atoms with van der Waals surface area (Å²) in [6.07, 6.45) is 4.13. The average Bonchev–Trinajstić information content (AvgIpc) is 3.50. The molecule has 1 saturated carbocycles. The summed E-state index contributed by atoms with van der Waals surface area (Å²) in [6.45, 7) is 6.49. The Hall–Kier alpha value is -3.17. The molecule has 0 spiro atoms. The number of ketones is 1. The molecule has 2 aromatic heterocycles. The zero-order chi connectivity index (χ0) is 23.0. The molecule has 2 aromatic rings. The number of hydrogen-bond acceptors (Lipinski definition) is 6. The summed E-state index contributed by atoms with van der Waals surface area (Å²) < 4.78 is 7.02. The van der Waals surface area contributed by atoms with Gasteiger partial charge < -0.3 is 19.9 Å². The van der Waals surface area contributed by atoms with Crippen molar-refractivity contribution >= 4 is 23.4 Å². The van der Waals surface area contributed by atoms with Crippen LogP contribution >= 0.6 is 0 Å². The first-order valence-electron chi connectivity index (χ1n) is 11.0. The van der Waals surface area contributed by atoms with Crippen LogP contribution in [0.15, 0.2) is 17.1 Å². The number of Topliss-reactive ketones (excluding diaryl/α,β-unsaturated/α-hetero) is 1. The van der Waals surface area contributed by atoms with Crippen LogP contribution < -0.4 is 10.9 Å². The SMILES string of the molecule is CC(C)(C)OC(=O)N1CCC(c2cc(=O)[nH]c3c(C(=O)NCC(=O)C4CC4)cnn23)CC1. The minimum Gasteiger partial charge on any atom is -0.444 e. The highest BCUT2D eigenvalue weighted by Gasteiger charge is 2.31. The fourth-order valence-electron chi connectivity index (χ4n) is 3.97. The Kier molecular flexibility index (Phi) is 5.79. The summed E-state index contributed by atoms with van der Waals surface area (Å²) in [5.74, 6) is -0.342. The summed E-state index contributed by atoms with van der Waals surface area (Å²) >= 11 is 0. The van der Waals surface area contributed by atoms with Crippen molar-refractivity contribution in [2.45, 2.75) is 58.0 Å². The highest BCUT2D eigenvalue weighted by molar-refractivity contribution is 6.01. The summed E-state index contributed by atoms with van der Waals surface area (Å²) in [4.78, 5) is 53.5. The lowest BCUT2D eigenvalue weighted by Gasteiger charge is -2.33.